The number of allylic oxidation sites excluding steroid dienone is 1. The van der Waals surface area contributed by atoms with Crippen molar-refractivity contribution < 1.29 is 18.0 Å². The summed E-state index contributed by atoms with van der Waals surface area (Å²) < 4.78 is 39.4. The van der Waals surface area contributed by atoms with Gasteiger partial charge in [0.2, 0.25) is 0 Å². The monoisotopic (exact) mass is 462 g/mol. The van der Waals surface area contributed by atoms with Gasteiger partial charge < -0.3 is 4.90 Å². The van der Waals surface area contributed by atoms with Crippen LogP contribution in [-0.2, 0) is 11.0 Å². The van der Waals surface area contributed by atoms with Crippen molar-refractivity contribution in [2.75, 3.05) is 4.90 Å². The third-order valence-electron chi connectivity index (χ3n) is 5.80. The number of rotatable bonds is 1. The number of fused-ring (bicyclic) bond motifs is 3. The molecule has 0 saturated carbocycles. The number of amidine groups is 1. The first-order valence-electron chi connectivity index (χ1n) is 9.82. The number of Topliss-reactive ketones (excluding diaryl/α,β-unsaturated/α-hetero) is 1. The highest BCUT2D eigenvalue weighted by molar-refractivity contribution is 8.14. The standard InChI is InChI=1S/C23H18ClF3N2OS/c1-22(2)10-15-19(17(30)11-22)20(12-3-5-13(6-4-12)23(25,26)27)29-16-8-7-14(24)9-18(16)31-21(29)28-15/h3-9,20H,10-11H2,1-2H3. The first kappa shape index (κ1) is 20.6. The van der Waals surface area contributed by atoms with Crippen molar-refractivity contribution in [3.63, 3.8) is 0 Å². The predicted octanol–water partition coefficient (Wildman–Crippen LogP) is 7.03. The van der Waals surface area contributed by atoms with Gasteiger partial charge in [0.15, 0.2) is 11.0 Å². The predicted molar refractivity (Wildman–Crippen MR) is 116 cm³/mol. The van der Waals surface area contributed by atoms with Gasteiger partial charge in [0.25, 0.3) is 0 Å². The highest BCUT2D eigenvalue weighted by atomic mass is 35.5. The van der Waals surface area contributed by atoms with Crippen LogP contribution < -0.4 is 4.90 Å². The summed E-state index contributed by atoms with van der Waals surface area (Å²) >= 11 is 7.64. The molecule has 2 aromatic rings. The third-order valence-corrected chi connectivity index (χ3v) is 7.05. The highest BCUT2D eigenvalue weighted by Crippen LogP contribution is 2.53. The average molecular weight is 463 g/mol. The fourth-order valence-electron chi connectivity index (χ4n) is 4.47. The SMILES string of the molecule is CC1(C)CC(=O)C2=C(C1)N=C1Sc3cc(Cl)ccc3N1C2c1ccc(C(F)(F)F)cc1. The molecule has 2 aliphatic heterocycles. The molecule has 160 valence electrons. The Morgan fingerprint density at radius 2 is 1.84 bits per heavy atom. The minimum Gasteiger partial charge on any atom is -0.308 e. The maximum Gasteiger partial charge on any atom is 0.416 e. The largest absolute Gasteiger partial charge is 0.416 e. The van der Waals surface area contributed by atoms with Crippen LogP contribution in [0.3, 0.4) is 0 Å². The van der Waals surface area contributed by atoms with Gasteiger partial charge in [-0.25, -0.2) is 4.99 Å². The number of anilines is 1. The van der Waals surface area contributed by atoms with Gasteiger partial charge in [0.05, 0.1) is 23.0 Å². The second-order valence-corrected chi connectivity index (χ2v) is 10.2. The van der Waals surface area contributed by atoms with Gasteiger partial charge in [-0.3, -0.25) is 4.79 Å². The van der Waals surface area contributed by atoms with E-state index in [0.29, 0.717) is 34.2 Å². The molecular formula is C23H18ClF3N2OS. The van der Waals surface area contributed by atoms with Gasteiger partial charge in [-0.05, 0) is 59.5 Å². The van der Waals surface area contributed by atoms with Crippen molar-refractivity contribution in [2.24, 2.45) is 10.4 Å². The van der Waals surface area contributed by atoms with Crippen molar-refractivity contribution in [3.05, 3.63) is 69.9 Å². The summed E-state index contributed by atoms with van der Waals surface area (Å²) in [6.07, 6.45) is -3.40. The van der Waals surface area contributed by atoms with Crippen LogP contribution in [0.15, 0.2) is 63.6 Å². The lowest BCUT2D eigenvalue weighted by molar-refractivity contribution is -0.137. The Labute approximate surface area is 187 Å². The van der Waals surface area contributed by atoms with Crippen LogP contribution >= 0.6 is 23.4 Å². The molecule has 1 aliphatic carbocycles. The van der Waals surface area contributed by atoms with Gasteiger partial charge in [0, 0.05) is 21.9 Å². The minimum atomic E-state index is -4.42. The Hall–Kier alpha value is -2.25. The molecule has 2 heterocycles. The Morgan fingerprint density at radius 3 is 2.52 bits per heavy atom. The number of hydrogen-bond acceptors (Lipinski definition) is 4. The van der Waals surface area contributed by atoms with Gasteiger partial charge in [-0.1, -0.05) is 37.6 Å². The number of aliphatic imine (C=N–C) groups is 1. The van der Waals surface area contributed by atoms with Crippen molar-refractivity contribution in [2.45, 2.75) is 43.8 Å². The number of benzene rings is 2. The zero-order valence-electron chi connectivity index (χ0n) is 16.8. The summed E-state index contributed by atoms with van der Waals surface area (Å²) in [4.78, 5) is 20.9. The highest BCUT2D eigenvalue weighted by Gasteiger charge is 2.46. The molecule has 0 saturated heterocycles. The lowest BCUT2D eigenvalue weighted by Crippen LogP contribution is -2.40. The summed E-state index contributed by atoms with van der Waals surface area (Å²) in [5, 5.41) is 1.30. The zero-order chi connectivity index (χ0) is 22.1. The summed E-state index contributed by atoms with van der Waals surface area (Å²) in [6.45, 7) is 4.06. The molecule has 1 atom stereocenters. The van der Waals surface area contributed by atoms with Crippen molar-refractivity contribution in [1.29, 1.82) is 0 Å². The Kier molecular flexibility index (Phi) is 4.58. The first-order valence-corrected chi connectivity index (χ1v) is 11.0. The molecular weight excluding hydrogens is 445 g/mol. The van der Waals surface area contributed by atoms with E-state index in [4.69, 9.17) is 16.6 Å². The lowest BCUT2D eigenvalue weighted by atomic mass is 9.73. The fourth-order valence-corrected chi connectivity index (χ4v) is 5.82. The van der Waals surface area contributed by atoms with Crippen LogP contribution in [0.1, 0.15) is 43.9 Å². The molecule has 0 spiro atoms. The normalized spacial score (nSPS) is 22.1. The van der Waals surface area contributed by atoms with E-state index in [2.05, 4.69) is 0 Å². The van der Waals surface area contributed by atoms with E-state index in [0.717, 1.165) is 28.4 Å². The Balaban J connectivity index is 1.68. The van der Waals surface area contributed by atoms with Crippen LogP contribution in [0, 0.1) is 5.41 Å². The lowest BCUT2D eigenvalue weighted by Gasteiger charge is -2.40. The number of nitrogens with zero attached hydrogens (tertiary/aromatic N) is 2. The van der Waals surface area contributed by atoms with Crippen LogP contribution in [0.5, 0.6) is 0 Å². The molecule has 8 heteroatoms. The molecule has 1 unspecified atom stereocenters. The quantitative estimate of drug-likeness (QED) is 0.456. The molecule has 3 aliphatic rings. The third kappa shape index (κ3) is 3.48. The summed E-state index contributed by atoms with van der Waals surface area (Å²) in [5.74, 6) is -0.00800. The van der Waals surface area contributed by atoms with Gasteiger partial charge in [-0.15, -0.1) is 0 Å². The van der Waals surface area contributed by atoms with E-state index in [-0.39, 0.29) is 11.2 Å². The molecule has 0 radical (unpaired) electrons. The number of thioether (sulfide) groups is 1. The Morgan fingerprint density at radius 1 is 1.13 bits per heavy atom. The Bertz CT molecular complexity index is 1170. The maximum absolute atomic E-state index is 13.2. The molecule has 0 bridgehead atoms. The van der Waals surface area contributed by atoms with Crippen LogP contribution in [-0.4, -0.2) is 11.0 Å². The van der Waals surface area contributed by atoms with Gasteiger partial charge in [0.1, 0.15) is 0 Å². The van der Waals surface area contributed by atoms with E-state index in [1.807, 2.05) is 30.9 Å². The maximum atomic E-state index is 13.2. The van der Waals surface area contributed by atoms with E-state index in [1.54, 1.807) is 6.07 Å². The molecule has 0 N–H and O–H groups in total. The second-order valence-electron chi connectivity index (χ2n) is 8.80. The van der Waals surface area contributed by atoms with Crippen LogP contribution in [0.25, 0.3) is 0 Å². The molecule has 0 aromatic heterocycles. The van der Waals surface area contributed by atoms with Crippen molar-refractivity contribution in [1.82, 2.24) is 0 Å². The molecule has 5 rings (SSSR count). The molecule has 0 fully saturated rings. The van der Waals surface area contributed by atoms with E-state index in [9.17, 15) is 18.0 Å². The second kappa shape index (κ2) is 6.87. The van der Waals surface area contributed by atoms with Crippen molar-refractivity contribution in [3.8, 4) is 0 Å². The number of carbonyl (C=O) groups excluding carboxylic acids is 1. The van der Waals surface area contributed by atoms with Crippen molar-refractivity contribution >= 4 is 40.0 Å². The van der Waals surface area contributed by atoms with E-state index < -0.39 is 17.8 Å². The molecule has 31 heavy (non-hydrogen) atoms. The summed E-state index contributed by atoms with van der Waals surface area (Å²) in [5.41, 5.74) is 1.85. The summed E-state index contributed by atoms with van der Waals surface area (Å²) in [7, 11) is 0. The van der Waals surface area contributed by atoms with Gasteiger partial charge >= 0.3 is 6.18 Å². The average Bonchev–Trinajstić information content (AvgIpc) is 3.01. The fraction of sp³-hybridized carbons (Fsp3) is 0.304. The first-order chi connectivity index (χ1) is 14.5. The molecule has 2 aromatic carbocycles. The topological polar surface area (TPSA) is 32.7 Å². The summed E-state index contributed by atoms with van der Waals surface area (Å²) in [6, 6.07) is 10.0. The number of halogens is 4. The number of hydrogen-bond donors (Lipinski definition) is 0. The number of ketones is 1. The number of carbonyl (C=O) groups is 1. The number of alkyl halides is 3. The van der Waals surface area contributed by atoms with E-state index >= 15 is 0 Å². The van der Waals surface area contributed by atoms with Gasteiger partial charge in [-0.2, -0.15) is 13.2 Å². The smallest absolute Gasteiger partial charge is 0.308 e. The van der Waals surface area contributed by atoms with Crippen LogP contribution in [0.2, 0.25) is 5.02 Å². The minimum absolute atomic E-state index is 0.00800. The molecule has 0 amide bonds. The van der Waals surface area contributed by atoms with Crippen LogP contribution in [0.4, 0.5) is 18.9 Å². The molecule has 3 nitrogen and oxygen atoms in total. The van der Waals surface area contributed by atoms with E-state index in [1.165, 1.54) is 23.9 Å². The zero-order valence-corrected chi connectivity index (χ0v) is 18.3.